The largest absolute Gasteiger partial charge is 0.370 e. The van der Waals surface area contributed by atoms with Crippen molar-refractivity contribution in [1.82, 2.24) is 14.4 Å². The third kappa shape index (κ3) is 6.67. The van der Waals surface area contributed by atoms with E-state index in [4.69, 9.17) is 4.74 Å². The Morgan fingerprint density at radius 2 is 1.72 bits per heavy atom. The molecular formula is C38H43FN4O4. The van der Waals surface area contributed by atoms with E-state index in [2.05, 4.69) is 18.2 Å². The summed E-state index contributed by atoms with van der Waals surface area (Å²) in [5.41, 5.74) is 4.89. The highest BCUT2D eigenvalue weighted by Crippen LogP contribution is 2.30. The van der Waals surface area contributed by atoms with E-state index in [-0.39, 0.29) is 34.9 Å². The second-order valence-corrected chi connectivity index (χ2v) is 12.8. The number of fused-ring (bicyclic) bond motifs is 1. The van der Waals surface area contributed by atoms with Gasteiger partial charge in [-0.05, 0) is 62.9 Å². The highest BCUT2D eigenvalue weighted by atomic mass is 19.1. The number of aromatic nitrogens is 1. The van der Waals surface area contributed by atoms with Gasteiger partial charge in [0.1, 0.15) is 17.5 Å². The molecule has 4 aromatic rings. The maximum Gasteiger partial charge on any atom is 0.259 e. The number of hydrogen-bond donors (Lipinski definition) is 0. The lowest BCUT2D eigenvalue weighted by Crippen LogP contribution is -2.49. The molecule has 2 amide bonds. The number of pyridine rings is 1. The number of morpholine rings is 1. The van der Waals surface area contributed by atoms with Gasteiger partial charge in [0.15, 0.2) is 0 Å². The van der Waals surface area contributed by atoms with E-state index >= 15 is 4.39 Å². The molecule has 0 saturated carbocycles. The maximum atomic E-state index is 15.8. The average Bonchev–Trinajstić information content (AvgIpc) is 3.09. The number of carbonyl (C=O) groups excluding carboxylic acids is 2. The van der Waals surface area contributed by atoms with E-state index in [1.54, 1.807) is 17.2 Å². The minimum Gasteiger partial charge on any atom is -0.370 e. The molecule has 2 fully saturated rings. The minimum atomic E-state index is -0.513. The van der Waals surface area contributed by atoms with Gasteiger partial charge in [0.2, 0.25) is 11.3 Å². The molecule has 3 heterocycles. The zero-order chi connectivity index (χ0) is 33.2. The number of halogens is 1. The molecule has 2 saturated heterocycles. The number of rotatable bonds is 7. The molecule has 2 unspecified atom stereocenters. The number of piperazine rings is 1. The van der Waals surface area contributed by atoms with E-state index in [1.165, 1.54) is 6.07 Å². The molecule has 6 rings (SSSR count). The molecule has 0 aliphatic carbocycles. The fourth-order valence-electron chi connectivity index (χ4n) is 6.80. The first-order valence-corrected chi connectivity index (χ1v) is 16.6. The van der Waals surface area contributed by atoms with Crippen LogP contribution in [0.5, 0.6) is 0 Å². The molecule has 9 heteroatoms. The molecule has 0 radical (unpaired) electrons. The fourth-order valence-corrected chi connectivity index (χ4v) is 6.80. The van der Waals surface area contributed by atoms with Crippen molar-refractivity contribution in [1.29, 1.82) is 0 Å². The Morgan fingerprint density at radius 3 is 2.45 bits per heavy atom. The van der Waals surface area contributed by atoms with Crippen LogP contribution in [0.1, 0.15) is 59.0 Å². The Morgan fingerprint density at radius 1 is 0.979 bits per heavy atom. The second-order valence-electron chi connectivity index (χ2n) is 12.8. The molecule has 47 heavy (non-hydrogen) atoms. The summed E-state index contributed by atoms with van der Waals surface area (Å²) in [5.74, 6) is -0.789. The van der Waals surface area contributed by atoms with E-state index < -0.39 is 11.2 Å². The van der Waals surface area contributed by atoms with Crippen LogP contribution in [0.25, 0.3) is 10.9 Å². The van der Waals surface area contributed by atoms with Gasteiger partial charge in [-0.2, -0.15) is 0 Å². The standard InChI is InChI=1S/C38H43FN4O4/c1-5-40-22-31(38(46)43-23-35(47-24-27(43)4)29-19-25(2)11-12-26(29)3)37(45)30-20-32(39)34(21-33(30)40)41-15-17-42(18-16-41)36(44)14-13-28-9-7-6-8-10-28/h6-12,19-22,27,35H,5,13-18,23-24H2,1-4H3. The van der Waals surface area contributed by atoms with E-state index in [1.807, 2.05) is 72.4 Å². The zero-order valence-corrected chi connectivity index (χ0v) is 27.7. The van der Waals surface area contributed by atoms with Crippen LogP contribution >= 0.6 is 0 Å². The molecule has 2 aliphatic heterocycles. The smallest absolute Gasteiger partial charge is 0.259 e. The van der Waals surface area contributed by atoms with Crippen molar-refractivity contribution < 1.29 is 18.7 Å². The van der Waals surface area contributed by atoms with Gasteiger partial charge in [-0.15, -0.1) is 0 Å². The molecule has 3 aromatic carbocycles. The van der Waals surface area contributed by atoms with Gasteiger partial charge in [-0.25, -0.2) is 4.39 Å². The normalized spacial score (nSPS) is 18.5. The molecule has 2 aliphatic rings. The predicted molar refractivity (Wildman–Crippen MR) is 183 cm³/mol. The minimum absolute atomic E-state index is 0.0302. The highest BCUT2D eigenvalue weighted by Gasteiger charge is 2.33. The van der Waals surface area contributed by atoms with Crippen LogP contribution in [-0.4, -0.2) is 71.6 Å². The van der Waals surface area contributed by atoms with E-state index in [0.29, 0.717) is 69.9 Å². The Balaban J connectivity index is 1.21. The lowest BCUT2D eigenvalue weighted by atomic mass is 9.98. The van der Waals surface area contributed by atoms with Crippen LogP contribution in [0.3, 0.4) is 0 Å². The third-order valence-electron chi connectivity index (χ3n) is 9.64. The van der Waals surface area contributed by atoms with Gasteiger partial charge >= 0.3 is 0 Å². The summed E-state index contributed by atoms with van der Waals surface area (Å²) in [4.78, 5) is 46.2. The molecule has 0 N–H and O–H groups in total. The average molecular weight is 639 g/mol. The van der Waals surface area contributed by atoms with E-state index in [0.717, 1.165) is 22.3 Å². The van der Waals surface area contributed by atoms with Crippen molar-refractivity contribution >= 4 is 28.4 Å². The van der Waals surface area contributed by atoms with Crippen LogP contribution in [0.15, 0.2) is 71.7 Å². The monoisotopic (exact) mass is 638 g/mol. The summed E-state index contributed by atoms with van der Waals surface area (Å²) in [6, 6.07) is 18.9. The maximum absolute atomic E-state index is 15.8. The number of aryl methyl sites for hydroxylation is 4. The molecular weight excluding hydrogens is 595 g/mol. The number of ether oxygens (including phenoxy) is 1. The summed E-state index contributed by atoms with van der Waals surface area (Å²) in [6.45, 7) is 11.1. The lowest BCUT2D eigenvalue weighted by Gasteiger charge is -2.38. The van der Waals surface area contributed by atoms with Gasteiger partial charge in [-0.1, -0.05) is 54.1 Å². The number of benzene rings is 3. The Kier molecular flexibility index (Phi) is 9.45. The van der Waals surface area contributed by atoms with Gasteiger partial charge in [0.05, 0.1) is 30.4 Å². The van der Waals surface area contributed by atoms with Gasteiger partial charge in [0, 0.05) is 50.7 Å². The van der Waals surface area contributed by atoms with Gasteiger partial charge < -0.3 is 24.0 Å². The van der Waals surface area contributed by atoms with Crippen LogP contribution < -0.4 is 10.3 Å². The first kappa shape index (κ1) is 32.4. The molecule has 8 nitrogen and oxygen atoms in total. The van der Waals surface area contributed by atoms with Crippen molar-refractivity contribution in [3.05, 3.63) is 111 Å². The van der Waals surface area contributed by atoms with Crippen LogP contribution in [0.2, 0.25) is 0 Å². The van der Waals surface area contributed by atoms with Gasteiger partial charge in [0.25, 0.3) is 5.91 Å². The van der Waals surface area contributed by atoms with Crippen molar-refractivity contribution in [2.75, 3.05) is 44.2 Å². The quantitative estimate of drug-likeness (QED) is 0.261. The predicted octanol–water partition coefficient (Wildman–Crippen LogP) is 5.66. The number of carbonyl (C=O) groups is 2. The Bertz CT molecular complexity index is 1850. The van der Waals surface area contributed by atoms with Crippen LogP contribution in [0.4, 0.5) is 10.1 Å². The van der Waals surface area contributed by atoms with Crippen molar-refractivity contribution in [3.8, 4) is 0 Å². The first-order chi connectivity index (χ1) is 22.6. The Labute approximate surface area is 275 Å². The second kappa shape index (κ2) is 13.7. The Hall–Kier alpha value is -4.50. The van der Waals surface area contributed by atoms with Crippen molar-refractivity contribution in [2.45, 2.75) is 59.2 Å². The van der Waals surface area contributed by atoms with Gasteiger partial charge in [-0.3, -0.25) is 14.4 Å². The SMILES string of the molecule is CCn1cc(C(=O)N2CC(c3cc(C)ccc3C)OCC2C)c(=O)c2cc(F)c(N3CCN(C(=O)CCc4ccccc4)CC3)cc21. The molecule has 2 atom stereocenters. The number of amides is 2. The van der Waals surface area contributed by atoms with Crippen LogP contribution in [0, 0.1) is 19.7 Å². The molecule has 1 aromatic heterocycles. The summed E-state index contributed by atoms with van der Waals surface area (Å²) in [5, 5.41) is 0.181. The lowest BCUT2D eigenvalue weighted by molar-refractivity contribution is -0.131. The molecule has 0 bridgehead atoms. The fraction of sp³-hybridized carbons (Fsp3) is 0.395. The van der Waals surface area contributed by atoms with Crippen molar-refractivity contribution in [3.63, 3.8) is 0 Å². The number of anilines is 1. The zero-order valence-electron chi connectivity index (χ0n) is 27.7. The number of nitrogens with zero attached hydrogens (tertiary/aromatic N) is 4. The van der Waals surface area contributed by atoms with E-state index in [9.17, 15) is 14.4 Å². The summed E-state index contributed by atoms with van der Waals surface area (Å²) in [7, 11) is 0. The first-order valence-electron chi connectivity index (χ1n) is 16.6. The highest BCUT2D eigenvalue weighted by molar-refractivity contribution is 5.98. The summed E-state index contributed by atoms with van der Waals surface area (Å²) in [6.07, 6.45) is 2.44. The number of hydrogen-bond acceptors (Lipinski definition) is 5. The summed E-state index contributed by atoms with van der Waals surface area (Å²) < 4.78 is 23.8. The van der Waals surface area contributed by atoms with Crippen LogP contribution in [-0.2, 0) is 22.5 Å². The molecule has 246 valence electrons. The topological polar surface area (TPSA) is 75.1 Å². The summed E-state index contributed by atoms with van der Waals surface area (Å²) >= 11 is 0. The molecule has 0 spiro atoms. The van der Waals surface area contributed by atoms with Crippen molar-refractivity contribution in [2.24, 2.45) is 0 Å². The third-order valence-corrected chi connectivity index (χ3v) is 9.64.